The molecule has 0 aromatic heterocycles. The van der Waals surface area contributed by atoms with E-state index in [1.54, 1.807) is 30.3 Å². The van der Waals surface area contributed by atoms with Gasteiger partial charge in [0.1, 0.15) is 5.82 Å². The molecular formula is C13H7BrClFO. The maximum absolute atomic E-state index is 13.3. The topological polar surface area (TPSA) is 17.1 Å². The quantitative estimate of drug-likeness (QED) is 0.748. The Labute approximate surface area is 111 Å². The molecular weight excluding hydrogens is 306 g/mol. The maximum atomic E-state index is 13.3. The van der Waals surface area contributed by atoms with E-state index in [4.69, 9.17) is 11.6 Å². The standard InChI is InChI=1S/C13H7BrClFO/c14-12-10(2-1-3-11(12)16)13(17)8-4-6-9(15)7-5-8/h1-7H. The third kappa shape index (κ3) is 2.56. The first-order valence-electron chi connectivity index (χ1n) is 4.84. The highest BCUT2D eigenvalue weighted by Gasteiger charge is 2.14. The van der Waals surface area contributed by atoms with Crippen molar-refractivity contribution in [1.29, 1.82) is 0 Å². The van der Waals surface area contributed by atoms with Crippen LogP contribution in [0.5, 0.6) is 0 Å². The molecule has 0 amide bonds. The van der Waals surface area contributed by atoms with E-state index < -0.39 is 5.82 Å². The monoisotopic (exact) mass is 312 g/mol. The van der Waals surface area contributed by atoms with Crippen LogP contribution < -0.4 is 0 Å². The first-order valence-corrected chi connectivity index (χ1v) is 6.01. The summed E-state index contributed by atoms with van der Waals surface area (Å²) in [4.78, 5) is 12.1. The molecule has 0 unspecified atom stereocenters. The fourth-order valence-corrected chi connectivity index (χ4v) is 2.01. The molecule has 0 aliphatic rings. The average Bonchev–Trinajstić information content (AvgIpc) is 2.33. The van der Waals surface area contributed by atoms with Crippen LogP contribution in [-0.2, 0) is 0 Å². The minimum absolute atomic E-state index is 0.181. The van der Waals surface area contributed by atoms with Crippen molar-refractivity contribution in [2.24, 2.45) is 0 Å². The van der Waals surface area contributed by atoms with E-state index in [0.717, 1.165) is 0 Å². The van der Waals surface area contributed by atoms with Crippen molar-refractivity contribution < 1.29 is 9.18 Å². The summed E-state index contributed by atoms with van der Waals surface area (Å²) in [5.41, 5.74) is 0.771. The van der Waals surface area contributed by atoms with Gasteiger partial charge in [0.05, 0.1) is 4.47 Å². The van der Waals surface area contributed by atoms with Crippen molar-refractivity contribution in [3.63, 3.8) is 0 Å². The summed E-state index contributed by atoms with van der Waals surface area (Å²) in [6, 6.07) is 10.9. The maximum Gasteiger partial charge on any atom is 0.194 e. The Bertz CT molecular complexity index is 566. The Morgan fingerprint density at radius 3 is 2.41 bits per heavy atom. The second-order valence-electron chi connectivity index (χ2n) is 3.44. The van der Waals surface area contributed by atoms with Crippen LogP contribution in [0.2, 0.25) is 5.02 Å². The Morgan fingerprint density at radius 2 is 1.76 bits per heavy atom. The lowest BCUT2D eigenvalue weighted by atomic mass is 10.0. The van der Waals surface area contributed by atoms with Crippen LogP contribution in [0.1, 0.15) is 15.9 Å². The van der Waals surface area contributed by atoms with Gasteiger partial charge in [-0.05, 0) is 52.3 Å². The second kappa shape index (κ2) is 4.98. The molecule has 86 valence electrons. The first-order chi connectivity index (χ1) is 8.09. The van der Waals surface area contributed by atoms with Gasteiger partial charge >= 0.3 is 0 Å². The molecule has 0 saturated heterocycles. The van der Waals surface area contributed by atoms with Crippen LogP contribution in [0.4, 0.5) is 4.39 Å². The second-order valence-corrected chi connectivity index (χ2v) is 4.67. The highest BCUT2D eigenvalue weighted by molar-refractivity contribution is 9.10. The van der Waals surface area contributed by atoms with E-state index >= 15 is 0 Å². The molecule has 0 aliphatic carbocycles. The molecule has 0 radical (unpaired) electrons. The van der Waals surface area contributed by atoms with E-state index in [1.165, 1.54) is 12.1 Å². The molecule has 17 heavy (non-hydrogen) atoms. The Kier molecular flexibility index (Phi) is 3.60. The zero-order valence-corrected chi connectivity index (χ0v) is 10.9. The van der Waals surface area contributed by atoms with Crippen molar-refractivity contribution in [2.45, 2.75) is 0 Å². The van der Waals surface area contributed by atoms with E-state index in [-0.39, 0.29) is 10.3 Å². The predicted molar refractivity (Wildman–Crippen MR) is 69.0 cm³/mol. The normalized spacial score (nSPS) is 10.3. The summed E-state index contributed by atoms with van der Waals surface area (Å²) in [5.74, 6) is -0.696. The lowest BCUT2D eigenvalue weighted by Gasteiger charge is -2.04. The molecule has 0 fully saturated rings. The number of hydrogen-bond donors (Lipinski definition) is 0. The van der Waals surface area contributed by atoms with Crippen molar-refractivity contribution in [1.82, 2.24) is 0 Å². The largest absolute Gasteiger partial charge is 0.289 e. The van der Waals surface area contributed by atoms with Crippen LogP contribution in [0.25, 0.3) is 0 Å². The number of benzene rings is 2. The molecule has 0 heterocycles. The first kappa shape index (κ1) is 12.3. The van der Waals surface area contributed by atoms with Crippen LogP contribution in [-0.4, -0.2) is 5.78 Å². The van der Waals surface area contributed by atoms with Gasteiger partial charge in [0, 0.05) is 16.1 Å². The number of carbonyl (C=O) groups excluding carboxylic acids is 1. The Hall–Kier alpha value is -1.19. The Morgan fingerprint density at radius 1 is 1.12 bits per heavy atom. The smallest absolute Gasteiger partial charge is 0.194 e. The van der Waals surface area contributed by atoms with E-state index in [1.807, 2.05) is 0 Å². The molecule has 4 heteroatoms. The number of halogens is 3. The summed E-state index contributed by atoms with van der Waals surface area (Å²) < 4.78 is 13.5. The lowest BCUT2D eigenvalue weighted by molar-refractivity contribution is 0.103. The summed E-state index contributed by atoms with van der Waals surface area (Å²) >= 11 is 8.81. The fourth-order valence-electron chi connectivity index (χ4n) is 1.44. The third-order valence-corrected chi connectivity index (χ3v) is 3.36. The van der Waals surface area contributed by atoms with Crippen LogP contribution in [0.3, 0.4) is 0 Å². The van der Waals surface area contributed by atoms with E-state index in [9.17, 15) is 9.18 Å². The van der Waals surface area contributed by atoms with Gasteiger partial charge in [0.2, 0.25) is 0 Å². The van der Waals surface area contributed by atoms with Gasteiger partial charge in [-0.2, -0.15) is 0 Å². The zero-order chi connectivity index (χ0) is 12.4. The number of ketones is 1. The molecule has 2 aromatic rings. The lowest BCUT2D eigenvalue weighted by Crippen LogP contribution is -2.03. The van der Waals surface area contributed by atoms with Crippen molar-refractivity contribution in [2.75, 3.05) is 0 Å². The fraction of sp³-hybridized carbons (Fsp3) is 0. The molecule has 0 saturated carbocycles. The highest BCUT2D eigenvalue weighted by atomic mass is 79.9. The van der Waals surface area contributed by atoms with Crippen molar-refractivity contribution >= 4 is 33.3 Å². The van der Waals surface area contributed by atoms with Gasteiger partial charge in [-0.3, -0.25) is 4.79 Å². The zero-order valence-electron chi connectivity index (χ0n) is 8.58. The van der Waals surface area contributed by atoms with Gasteiger partial charge in [0.15, 0.2) is 5.78 Å². The average molecular weight is 314 g/mol. The molecule has 1 nitrogen and oxygen atoms in total. The third-order valence-electron chi connectivity index (χ3n) is 2.30. The predicted octanol–water partition coefficient (Wildman–Crippen LogP) is 4.47. The number of rotatable bonds is 2. The highest BCUT2D eigenvalue weighted by Crippen LogP contribution is 2.23. The minimum atomic E-state index is -0.454. The SMILES string of the molecule is O=C(c1ccc(Cl)cc1)c1cccc(F)c1Br. The number of hydrogen-bond acceptors (Lipinski definition) is 1. The van der Waals surface area contributed by atoms with Gasteiger partial charge in [-0.25, -0.2) is 4.39 Å². The number of carbonyl (C=O) groups is 1. The molecule has 0 atom stereocenters. The van der Waals surface area contributed by atoms with E-state index in [2.05, 4.69) is 15.9 Å². The van der Waals surface area contributed by atoms with Gasteiger partial charge in [-0.1, -0.05) is 17.7 Å². The summed E-state index contributed by atoms with van der Waals surface area (Å²) in [5, 5.41) is 0.555. The van der Waals surface area contributed by atoms with Gasteiger partial charge in [0.25, 0.3) is 0 Å². The van der Waals surface area contributed by atoms with Crippen molar-refractivity contribution in [3.05, 3.63) is 68.9 Å². The van der Waals surface area contributed by atoms with Crippen LogP contribution in [0, 0.1) is 5.82 Å². The van der Waals surface area contributed by atoms with Crippen LogP contribution >= 0.6 is 27.5 Å². The summed E-state index contributed by atoms with van der Waals surface area (Å²) in [7, 11) is 0. The molecule has 0 spiro atoms. The molecule has 0 N–H and O–H groups in total. The summed E-state index contributed by atoms with van der Waals surface area (Å²) in [6.45, 7) is 0. The molecule has 0 aliphatic heterocycles. The molecule has 2 rings (SSSR count). The van der Waals surface area contributed by atoms with Gasteiger partial charge in [-0.15, -0.1) is 0 Å². The summed E-state index contributed by atoms with van der Waals surface area (Å²) in [6.07, 6.45) is 0. The van der Waals surface area contributed by atoms with Crippen LogP contribution in [0.15, 0.2) is 46.9 Å². The molecule has 0 bridgehead atoms. The Balaban J connectivity index is 2.44. The minimum Gasteiger partial charge on any atom is -0.289 e. The van der Waals surface area contributed by atoms with Crippen molar-refractivity contribution in [3.8, 4) is 0 Å². The van der Waals surface area contributed by atoms with Gasteiger partial charge < -0.3 is 0 Å². The van der Waals surface area contributed by atoms with E-state index in [0.29, 0.717) is 16.1 Å². The molecule has 2 aromatic carbocycles.